The second-order valence-electron chi connectivity index (χ2n) is 8.80. The lowest BCUT2D eigenvalue weighted by molar-refractivity contribution is -0.137. The first-order valence-corrected chi connectivity index (χ1v) is 11.6. The SMILES string of the molecule is CN1CCC[C@@H]1COc1cc(NC(=O)c2cccnc2Nc2ccc(C=N)c(N)c2)cc(C(F)(F)F)c1. The topological polar surface area (TPSA) is 116 Å². The van der Waals surface area contributed by atoms with Crippen molar-refractivity contribution in [2.75, 3.05) is 36.6 Å². The number of likely N-dealkylation sites (tertiary alicyclic amines) is 1. The number of hydrogen-bond acceptors (Lipinski definition) is 7. The van der Waals surface area contributed by atoms with Crippen molar-refractivity contribution < 1.29 is 22.7 Å². The Bertz CT molecular complexity index is 1300. The Labute approximate surface area is 212 Å². The van der Waals surface area contributed by atoms with E-state index < -0.39 is 17.6 Å². The highest BCUT2D eigenvalue weighted by molar-refractivity contribution is 6.08. The van der Waals surface area contributed by atoms with Crippen LogP contribution < -0.4 is 21.1 Å². The van der Waals surface area contributed by atoms with Crippen molar-refractivity contribution in [2.45, 2.75) is 25.1 Å². The van der Waals surface area contributed by atoms with Gasteiger partial charge in [0.1, 0.15) is 18.2 Å². The second-order valence-corrected chi connectivity index (χ2v) is 8.80. The van der Waals surface area contributed by atoms with Gasteiger partial charge in [0.25, 0.3) is 5.91 Å². The van der Waals surface area contributed by atoms with Crippen molar-refractivity contribution in [3.8, 4) is 5.75 Å². The number of carbonyl (C=O) groups is 1. The zero-order valence-electron chi connectivity index (χ0n) is 20.1. The van der Waals surface area contributed by atoms with Gasteiger partial charge in [0, 0.05) is 47.1 Å². The van der Waals surface area contributed by atoms with Gasteiger partial charge in [0.15, 0.2) is 0 Å². The molecule has 1 aliphatic rings. The van der Waals surface area contributed by atoms with Gasteiger partial charge in [-0.1, -0.05) is 0 Å². The fourth-order valence-electron chi connectivity index (χ4n) is 4.11. The third-order valence-corrected chi connectivity index (χ3v) is 6.16. The molecule has 194 valence electrons. The molecule has 1 saturated heterocycles. The minimum absolute atomic E-state index is 0.0247. The van der Waals surface area contributed by atoms with Crippen LogP contribution in [-0.4, -0.2) is 48.2 Å². The monoisotopic (exact) mass is 512 g/mol. The number of alkyl halides is 3. The highest BCUT2D eigenvalue weighted by Crippen LogP contribution is 2.35. The summed E-state index contributed by atoms with van der Waals surface area (Å²) < 4.78 is 46.5. The van der Waals surface area contributed by atoms with E-state index in [0.29, 0.717) is 16.9 Å². The van der Waals surface area contributed by atoms with Crippen LogP contribution in [0.3, 0.4) is 0 Å². The van der Waals surface area contributed by atoms with Gasteiger partial charge in [-0.15, -0.1) is 0 Å². The predicted molar refractivity (Wildman–Crippen MR) is 137 cm³/mol. The van der Waals surface area contributed by atoms with E-state index in [1.807, 2.05) is 7.05 Å². The Kier molecular flexibility index (Phi) is 7.63. The number of halogens is 3. The quantitative estimate of drug-likeness (QED) is 0.245. The van der Waals surface area contributed by atoms with Gasteiger partial charge in [0.05, 0.1) is 11.1 Å². The number of anilines is 4. The number of nitrogens with one attached hydrogen (secondary N) is 3. The van der Waals surface area contributed by atoms with Crippen LogP contribution in [0.2, 0.25) is 0 Å². The van der Waals surface area contributed by atoms with E-state index in [2.05, 4.69) is 20.5 Å². The molecule has 0 unspecified atom stereocenters. The summed E-state index contributed by atoms with van der Waals surface area (Å²) in [5, 5.41) is 12.9. The van der Waals surface area contributed by atoms with Crippen LogP contribution in [0.5, 0.6) is 5.75 Å². The molecule has 8 nitrogen and oxygen atoms in total. The highest BCUT2D eigenvalue weighted by Gasteiger charge is 2.32. The van der Waals surface area contributed by atoms with Crippen molar-refractivity contribution >= 4 is 35.0 Å². The number of likely N-dealkylation sites (N-methyl/N-ethyl adjacent to an activating group) is 1. The third-order valence-electron chi connectivity index (χ3n) is 6.16. The van der Waals surface area contributed by atoms with Gasteiger partial charge in [-0.2, -0.15) is 13.2 Å². The van der Waals surface area contributed by atoms with E-state index in [4.69, 9.17) is 15.9 Å². The zero-order valence-corrected chi connectivity index (χ0v) is 20.1. The van der Waals surface area contributed by atoms with Crippen LogP contribution in [0.15, 0.2) is 54.7 Å². The summed E-state index contributed by atoms with van der Waals surface area (Å²) in [6.45, 7) is 1.17. The molecule has 0 radical (unpaired) electrons. The largest absolute Gasteiger partial charge is 0.492 e. The number of nitrogens with two attached hydrogens (primary N) is 1. The number of pyridine rings is 1. The maximum absolute atomic E-state index is 13.6. The van der Waals surface area contributed by atoms with Crippen LogP contribution in [-0.2, 0) is 6.18 Å². The minimum Gasteiger partial charge on any atom is -0.492 e. The van der Waals surface area contributed by atoms with E-state index in [9.17, 15) is 18.0 Å². The van der Waals surface area contributed by atoms with Crippen LogP contribution in [0.1, 0.15) is 34.3 Å². The summed E-state index contributed by atoms with van der Waals surface area (Å²) in [7, 11) is 1.95. The van der Waals surface area contributed by atoms with Crippen molar-refractivity contribution in [3.05, 3.63) is 71.4 Å². The fourth-order valence-corrected chi connectivity index (χ4v) is 4.11. The molecule has 11 heteroatoms. The van der Waals surface area contributed by atoms with E-state index in [0.717, 1.165) is 37.7 Å². The molecule has 1 aliphatic heterocycles. The lowest BCUT2D eigenvalue weighted by Gasteiger charge is -2.20. The molecule has 3 aromatic rings. The molecule has 4 rings (SSSR count). The molecule has 0 aliphatic carbocycles. The van der Waals surface area contributed by atoms with Crippen molar-refractivity contribution in [1.29, 1.82) is 5.41 Å². The van der Waals surface area contributed by atoms with E-state index in [1.54, 1.807) is 24.3 Å². The highest BCUT2D eigenvalue weighted by atomic mass is 19.4. The molecule has 2 heterocycles. The average molecular weight is 513 g/mol. The van der Waals surface area contributed by atoms with Gasteiger partial charge in [-0.25, -0.2) is 4.98 Å². The standard InChI is InChI=1S/C26H27F3N6O2/c1-35-9-3-4-20(35)15-37-21-11-17(26(27,28)29)10-19(12-21)34-25(36)22-5-2-8-32-24(22)33-18-7-6-16(14-30)23(31)13-18/h2,5-8,10-14,20,30H,3-4,9,15,31H2,1H3,(H,32,33)(H,34,36)/t20-/m1/s1. The van der Waals surface area contributed by atoms with E-state index in [-0.39, 0.29) is 35.5 Å². The van der Waals surface area contributed by atoms with Crippen molar-refractivity contribution in [1.82, 2.24) is 9.88 Å². The number of rotatable bonds is 8. The van der Waals surface area contributed by atoms with E-state index >= 15 is 0 Å². The van der Waals surface area contributed by atoms with Crippen LogP contribution in [0, 0.1) is 5.41 Å². The molecule has 2 aromatic carbocycles. The molecule has 0 saturated carbocycles. The smallest absolute Gasteiger partial charge is 0.416 e. The first-order valence-electron chi connectivity index (χ1n) is 11.6. The Morgan fingerprint density at radius 2 is 2.05 bits per heavy atom. The Morgan fingerprint density at radius 3 is 2.73 bits per heavy atom. The lowest BCUT2D eigenvalue weighted by Crippen LogP contribution is -2.30. The van der Waals surface area contributed by atoms with Crippen LogP contribution >= 0.6 is 0 Å². The number of nitrogen functional groups attached to an aromatic ring is 1. The molecule has 1 atom stereocenters. The number of amides is 1. The zero-order chi connectivity index (χ0) is 26.6. The van der Waals surface area contributed by atoms with Crippen molar-refractivity contribution in [2.24, 2.45) is 0 Å². The molecule has 1 fully saturated rings. The number of aromatic nitrogens is 1. The average Bonchev–Trinajstić information content (AvgIpc) is 3.27. The number of hydrogen-bond donors (Lipinski definition) is 4. The van der Waals surface area contributed by atoms with Gasteiger partial charge >= 0.3 is 6.18 Å². The summed E-state index contributed by atoms with van der Waals surface area (Å²) in [4.78, 5) is 19.4. The maximum atomic E-state index is 13.6. The number of ether oxygens (including phenoxy) is 1. The molecule has 37 heavy (non-hydrogen) atoms. The minimum atomic E-state index is -4.62. The fraction of sp³-hybridized carbons (Fsp3) is 0.269. The molecule has 1 amide bonds. The van der Waals surface area contributed by atoms with E-state index in [1.165, 1.54) is 18.3 Å². The Hall–Kier alpha value is -4.12. The molecule has 1 aromatic heterocycles. The summed E-state index contributed by atoms with van der Waals surface area (Å²) in [6.07, 6.45) is -0.101. The number of benzene rings is 2. The number of carbonyl (C=O) groups excluding carboxylic acids is 1. The van der Waals surface area contributed by atoms with Crippen LogP contribution in [0.4, 0.5) is 36.1 Å². The Balaban J connectivity index is 1.55. The second kappa shape index (κ2) is 10.9. The predicted octanol–water partition coefficient (Wildman–Crippen LogP) is 5.15. The molecular weight excluding hydrogens is 485 g/mol. The van der Waals surface area contributed by atoms with Gasteiger partial charge in [-0.3, -0.25) is 4.79 Å². The Morgan fingerprint density at radius 1 is 1.24 bits per heavy atom. The van der Waals surface area contributed by atoms with Crippen LogP contribution in [0.25, 0.3) is 0 Å². The normalized spacial score (nSPS) is 15.8. The first-order chi connectivity index (χ1) is 17.6. The molecule has 0 spiro atoms. The third kappa shape index (κ3) is 6.36. The summed E-state index contributed by atoms with van der Waals surface area (Å²) in [5.41, 5.74) is 6.49. The molecule has 5 N–H and O–H groups in total. The number of nitrogens with zero attached hydrogens (tertiary/aromatic N) is 2. The summed E-state index contributed by atoms with van der Waals surface area (Å²) >= 11 is 0. The molecular formula is C26H27F3N6O2. The summed E-state index contributed by atoms with van der Waals surface area (Å²) in [6, 6.07) is 11.3. The first kappa shape index (κ1) is 26.0. The van der Waals surface area contributed by atoms with Crippen molar-refractivity contribution in [3.63, 3.8) is 0 Å². The van der Waals surface area contributed by atoms with Gasteiger partial charge in [0.2, 0.25) is 0 Å². The lowest BCUT2D eigenvalue weighted by atomic mass is 10.1. The van der Waals surface area contributed by atoms with Gasteiger partial charge < -0.3 is 31.4 Å². The van der Waals surface area contributed by atoms with Gasteiger partial charge in [-0.05, 0) is 68.9 Å². The summed E-state index contributed by atoms with van der Waals surface area (Å²) in [5.74, 6) is -0.438. The molecule has 0 bridgehead atoms. The maximum Gasteiger partial charge on any atom is 0.416 e.